The zero-order chi connectivity index (χ0) is 16.7. The Morgan fingerprint density at radius 2 is 1.70 bits per heavy atom. The number of methoxy groups -OCH3 is 1. The summed E-state index contributed by atoms with van der Waals surface area (Å²) in [5.41, 5.74) is 2.11. The second kappa shape index (κ2) is 8.13. The molecule has 0 aliphatic heterocycles. The van der Waals surface area contributed by atoms with E-state index in [1.807, 2.05) is 24.3 Å². The second-order valence-corrected chi connectivity index (χ2v) is 5.07. The number of benzene rings is 2. The van der Waals surface area contributed by atoms with Crippen molar-refractivity contribution >= 4 is 11.8 Å². The molecule has 0 unspecified atom stereocenters. The molecule has 0 saturated heterocycles. The van der Waals surface area contributed by atoms with Crippen LogP contribution in [0.15, 0.2) is 48.5 Å². The van der Waals surface area contributed by atoms with E-state index in [0.717, 1.165) is 11.3 Å². The normalized spacial score (nSPS) is 10.2. The molecule has 0 aliphatic rings. The molecule has 120 valence electrons. The maximum Gasteiger partial charge on any atom is 0.338 e. The molecule has 23 heavy (non-hydrogen) atoms. The minimum atomic E-state index is -0.372. The van der Waals surface area contributed by atoms with E-state index in [4.69, 9.17) is 9.47 Å². The maximum absolute atomic E-state index is 12.2. The third-order valence-corrected chi connectivity index (χ3v) is 3.49. The van der Waals surface area contributed by atoms with Crippen molar-refractivity contribution in [2.75, 3.05) is 13.7 Å². The van der Waals surface area contributed by atoms with Crippen LogP contribution in [0.2, 0.25) is 0 Å². The Morgan fingerprint density at radius 3 is 2.35 bits per heavy atom. The van der Waals surface area contributed by atoms with Crippen LogP contribution in [0.1, 0.15) is 39.6 Å². The fraction of sp³-hybridized carbons (Fsp3) is 0.263. The number of hydrogen-bond acceptors (Lipinski definition) is 4. The van der Waals surface area contributed by atoms with E-state index < -0.39 is 0 Å². The number of carbonyl (C=O) groups excluding carboxylic acids is 2. The first-order chi connectivity index (χ1) is 11.1. The van der Waals surface area contributed by atoms with Gasteiger partial charge in [0.2, 0.25) is 0 Å². The van der Waals surface area contributed by atoms with Crippen molar-refractivity contribution in [2.45, 2.75) is 19.8 Å². The summed E-state index contributed by atoms with van der Waals surface area (Å²) in [6, 6.07) is 14.3. The number of ether oxygens (including phenoxy) is 2. The molecule has 4 nitrogen and oxygen atoms in total. The molecule has 0 bridgehead atoms. The first-order valence-electron chi connectivity index (χ1n) is 7.57. The SMILES string of the molecule is CCOC(=O)c1ccc(C(=O)CCc2cccc(OC)c2)cc1. The predicted octanol–water partition coefficient (Wildman–Crippen LogP) is 3.69. The van der Waals surface area contributed by atoms with Gasteiger partial charge in [0.05, 0.1) is 19.3 Å². The zero-order valence-electron chi connectivity index (χ0n) is 13.4. The Hall–Kier alpha value is -2.62. The maximum atomic E-state index is 12.2. The zero-order valence-corrected chi connectivity index (χ0v) is 13.4. The van der Waals surface area contributed by atoms with E-state index in [2.05, 4.69) is 0 Å². The Bertz CT molecular complexity index is 674. The molecule has 0 atom stereocenters. The molecule has 0 N–H and O–H groups in total. The van der Waals surface area contributed by atoms with Crippen LogP contribution in [0.5, 0.6) is 5.75 Å². The quantitative estimate of drug-likeness (QED) is 0.578. The summed E-state index contributed by atoms with van der Waals surface area (Å²) in [4.78, 5) is 23.8. The van der Waals surface area contributed by atoms with Crippen LogP contribution in [0.4, 0.5) is 0 Å². The summed E-state index contributed by atoms with van der Waals surface area (Å²) in [5, 5.41) is 0. The van der Waals surface area contributed by atoms with Crippen molar-refractivity contribution in [3.8, 4) is 5.75 Å². The van der Waals surface area contributed by atoms with Crippen molar-refractivity contribution in [3.05, 3.63) is 65.2 Å². The van der Waals surface area contributed by atoms with Crippen LogP contribution >= 0.6 is 0 Å². The van der Waals surface area contributed by atoms with Crippen molar-refractivity contribution < 1.29 is 19.1 Å². The van der Waals surface area contributed by atoms with E-state index in [0.29, 0.717) is 30.6 Å². The number of carbonyl (C=O) groups is 2. The molecule has 0 saturated carbocycles. The van der Waals surface area contributed by atoms with Gasteiger partial charge in [-0.1, -0.05) is 24.3 Å². The smallest absolute Gasteiger partial charge is 0.338 e. The summed E-state index contributed by atoms with van der Waals surface area (Å²) in [7, 11) is 1.62. The molecule has 0 aromatic heterocycles. The molecule has 2 rings (SSSR count). The monoisotopic (exact) mass is 312 g/mol. The first-order valence-corrected chi connectivity index (χ1v) is 7.57. The van der Waals surface area contributed by atoms with Gasteiger partial charge in [0.25, 0.3) is 0 Å². The van der Waals surface area contributed by atoms with Crippen LogP contribution in [-0.2, 0) is 11.2 Å². The van der Waals surface area contributed by atoms with Crippen molar-refractivity contribution in [1.82, 2.24) is 0 Å². The van der Waals surface area contributed by atoms with Gasteiger partial charge in [0, 0.05) is 12.0 Å². The molecular weight excluding hydrogens is 292 g/mol. The number of hydrogen-bond donors (Lipinski definition) is 0. The van der Waals surface area contributed by atoms with Gasteiger partial charge in [-0.3, -0.25) is 4.79 Å². The van der Waals surface area contributed by atoms with E-state index in [9.17, 15) is 9.59 Å². The standard InChI is InChI=1S/C19H20O4/c1-3-23-19(21)16-10-8-15(9-11-16)18(20)12-7-14-5-4-6-17(13-14)22-2/h4-6,8-11,13H,3,7,12H2,1-2H3. The number of esters is 1. The van der Waals surface area contributed by atoms with Gasteiger partial charge in [-0.15, -0.1) is 0 Å². The van der Waals surface area contributed by atoms with Crippen molar-refractivity contribution in [3.63, 3.8) is 0 Å². The average molecular weight is 312 g/mol. The van der Waals surface area contributed by atoms with Gasteiger partial charge < -0.3 is 9.47 Å². The van der Waals surface area contributed by atoms with Crippen LogP contribution in [-0.4, -0.2) is 25.5 Å². The molecule has 0 amide bonds. The Labute approximate surface area is 136 Å². The molecule has 0 heterocycles. The highest BCUT2D eigenvalue weighted by Crippen LogP contribution is 2.15. The number of rotatable bonds is 7. The first kappa shape index (κ1) is 16.7. The molecular formula is C19H20O4. The number of Topliss-reactive ketones (excluding diaryl/α,β-unsaturated/α-hetero) is 1. The highest BCUT2D eigenvalue weighted by molar-refractivity contribution is 5.97. The van der Waals surface area contributed by atoms with Gasteiger partial charge in [0.15, 0.2) is 5.78 Å². The van der Waals surface area contributed by atoms with Gasteiger partial charge in [-0.05, 0) is 43.2 Å². The van der Waals surface area contributed by atoms with E-state index in [-0.39, 0.29) is 11.8 Å². The lowest BCUT2D eigenvalue weighted by Gasteiger charge is -2.05. The van der Waals surface area contributed by atoms with Crippen molar-refractivity contribution in [1.29, 1.82) is 0 Å². The van der Waals surface area contributed by atoms with Crippen LogP contribution < -0.4 is 4.74 Å². The average Bonchev–Trinajstić information content (AvgIpc) is 2.60. The van der Waals surface area contributed by atoms with E-state index in [1.165, 1.54) is 0 Å². The lowest BCUT2D eigenvalue weighted by atomic mass is 10.0. The van der Waals surface area contributed by atoms with Crippen molar-refractivity contribution in [2.24, 2.45) is 0 Å². The number of aryl methyl sites for hydroxylation is 1. The summed E-state index contributed by atoms with van der Waals surface area (Å²) in [6.07, 6.45) is 1.06. The molecule has 0 aliphatic carbocycles. The summed E-state index contributed by atoms with van der Waals surface area (Å²) < 4.78 is 10.1. The van der Waals surface area contributed by atoms with Crippen LogP contribution in [0.3, 0.4) is 0 Å². The minimum Gasteiger partial charge on any atom is -0.497 e. The van der Waals surface area contributed by atoms with Crippen LogP contribution in [0, 0.1) is 0 Å². The fourth-order valence-electron chi connectivity index (χ4n) is 2.24. The van der Waals surface area contributed by atoms with Gasteiger partial charge >= 0.3 is 5.97 Å². The highest BCUT2D eigenvalue weighted by atomic mass is 16.5. The second-order valence-electron chi connectivity index (χ2n) is 5.07. The Balaban J connectivity index is 1.96. The molecule has 0 radical (unpaired) electrons. The Kier molecular flexibility index (Phi) is 5.92. The highest BCUT2D eigenvalue weighted by Gasteiger charge is 2.10. The minimum absolute atomic E-state index is 0.0447. The Morgan fingerprint density at radius 1 is 1.00 bits per heavy atom. The van der Waals surface area contributed by atoms with Gasteiger partial charge in [-0.25, -0.2) is 4.79 Å². The van der Waals surface area contributed by atoms with Gasteiger partial charge in [-0.2, -0.15) is 0 Å². The molecule has 4 heteroatoms. The predicted molar refractivity (Wildman–Crippen MR) is 88.0 cm³/mol. The largest absolute Gasteiger partial charge is 0.497 e. The molecule has 2 aromatic rings. The number of ketones is 1. The van der Waals surface area contributed by atoms with Crippen LogP contribution in [0.25, 0.3) is 0 Å². The van der Waals surface area contributed by atoms with E-state index in [1.54, 1.807) is 38.3 Å². The van der Waals surface area contributed by atoms with E-state index >= 15 is 0 Å². The topological polar surface area (TPSA) is 52.6 Å². The molecule has 0 fully saturated rings. The third kappa shape index (κ3) is 4.68. The molecule has 0 spiro atoms. The summed E-state index contributed by atoms with van der Waals surface area (Å²) in [5.74, 6) is 0.458. The molecule has 2 aromatic carbocycles. The van der Waals surface area contributed by atoms with Gasteiger partial charge in [0.1, 0.15) is 5.75 Å². The lowest BCUT2D eigenvalue weighted by Crippen LogP contribution is -2.06. The summed E-state index contributed by atoms with van der Waals surface area (Å²) in [6.45, 7) is 2.09. The summed E-state index contributed by atoms with van der Waals surface area (Å²) >= 11 is 0. The fourth-order valence-corrected chi connectivity index (χ4v) is 2.24. The lowest BCUT2D eigenvalue weighted by molar-refractivity contribution is 0.0526. The third-order valence-electron chi connectivity index (χ3n) is 3.49.